The van der Waals surface area contributed by atoms with Gasteiger partial charge in [0.1, 0.15) is 17.7 Å². The standard InChI is InChI=1S/C15H15BrFNO/c1-10-8-12(16)4-7-14(10)19-15(9-18)11-2-5-13(17)6-3-11/h2-8,15H,9,18H2,1H3. The summed E-state index contributed by atoms with van der Waals surface area (Å²) in [6, 6.07) is 12.0. The minimum atomic E-state index is -0.277. The van der Waals surface area contributed by atoms with Crippen molar-refractivity contribution in [2.24, 2.45) is 5.73 Å². The monoisotopic (exact) mass is 323 g/mol. The third-order valence-electron chi connectivity index (χ3n) is 2.86. The molecule has 0 saturated carbocycles. The highest BCUT2D eigenvalue weighted by atomic mass is 79.9. The molecule has 0 aliphatic carbocycles. The van der Waals surface area contributed by atoms with E-state index in [4.69, 9.17) is 10.5 Å². The minimum absolute atomic E-state index is 0.264. The van der Waals surface area contributed by atoms with Crippen molar-refractivity contribution in [3.63, 3.8) is 0 Å². The molecule has 0 saturated heterocycles. The molecule has 0 aromatic heterocycles. The topological polar surface area (TPSA) is 35.2 Å². The highest BCUT2D eigenvalue weighted by Gasteiger charge is 2.13. The second-order valence-electron chi connectivity index (χ2n) is 4.30. The first-order valence-electron chi connectivity index (χ1n) is 5.98. The molecule has 19 heavy (non-hydrogen) atoms. The number of rotatable bonds is 4. The van der Waals surface area contributed by atoms with Gasteiger partial charge < -0.3 is 10.5 Å². The highest BCUT2D eigenvalue weighted by Crippen LogP contribution is 2.27. The normalized spacial score (nSPS) is 12.2. The molecule has 1 unspecified atom stereocenters. The summed E-state index contributed by atoms with van der Waals surface area (Å²) >= 11 is 3.41. The molecule has 0 spiro atoms. The summed E-state index contributed by atoms with van der Waals surface area (Å²) in [6.07, 6.45) is -0.277. The Balaban J connectivity index is 2.21. The van der Waals surface area contributed by atoms with Crippen molar-refractivity contribution in [3.8, 4) is 5.75 Å². The largest absolute Gasteiger partial charge is 0.484 e. The van der Waals surface area contributed by atoms with Crippen LogP contribution in [0.5, 0.6) is 5.75 Å². The molecule has 2 nitrogen and oxygen atoms in total. The molecule has 0 aliphatic heterocycles. The van der Waals surface area contributed by atoms with Crippen LogP contribution in [0.2, 0.25) is 0 Å². The first-order valence-corrected chi connectivity index (χ1v) is 6.78. The van der Waals surface area contributed by atoms with E-state index in [2.05, 4.69) is 15.9 Å². The molecule has 2 rings (SSSR count). The smallest absolute Gasteiger partial charge is 0.136 e. The van der Waals surface area contributed by atoms with Gasteiger partial charge in [-0.1, -0.05) is 28.1 Å². The Morgan fingerprint density at radius 2 is 1.89 bits per heavy atom. The van der Waals surface area contributed by atoms with Crippen molar-refractivity contribution in [2.45, 2.75) is 13.0 Å². The number of hydrogen-bond donors (Lipinski definition) is 1. The Morgan fingerprint density at radius 3 is 2.47 bits per heavy atom. The van der Waals surface area contributed by atoms with Gasteiger partial charge in [0, 0.05) is 11.0 Å². The van der Waals surface area contributed by atoms with E-state index in [9.17, 15) is 4.39 Å². The van der Waals surface area contributed by atoms with Crippen molar-refractivity contribution in [3.05, 3.63) is 63.9 Å². The Labute approximate surface area is 120 Å². The van der Waals surface area contributed by atoms with Crippen LogP contribution in [0, 0.1) is 12.7 Å². The molecule has 1 atom stereocenters. The van der Waals surface area contributed by atoms with Crippen LogP contribution in [0.15, 0.2) is 46.9 Å². The summed E-state index contributed by atoms with van der Waals surface area (Å²) in [5.41, 5.74) is 7.63. The first-order chi connectivity index (χ1) is 9.10. The Bertz CT molecular complexity index is 557. The van der Waals surface area contributed by atoms with E-state index in [0.717, 1.165) is 21.3 Å². The maximum Gasteiger partial charge on any atom is 0.136 e. The summed E-state index contributed by atoms with van der Waals surface area (Å²) in [4.78, 5) is 0. The van der Waals surface area contributed by atoms with Crippen LogP contribution in [-0.4, -0.2) is 6.54 Å². The summed E-state index contributed by atoms with van der Waals surface area (Å²) in [5.74, 6) is 0.516. The predicted molar refractivity (Wildman–Crippen MR) is 77.7 cm³/mol. The molecule has 0 bridgehead atoms. The van der Waals surface area contributed by atoms with Crippen molar-refractivity contribution >= 4 is 15.9 Å². The maximum absolute atomic E-state index is 12.9. The second kappa shape index (κ2) is 6.17. The third kappa shape index (κ3) is 3.55. The number of halogens is 2. The molecule has 0 aliphatic rings. The molecule has 100 valence electrons. The van der Waals surface area contributed by atoms with Gasteiger partial charge in [-0.15, -0.1) is 0 Å². The molecule has 0 fully saturated rings. The van der Waals surface area contributed by atoms with E-state index >= 15 is 0 Å². The highest BCUT2D eigenvalue weighted by molar-refractivity contribution is 9.10. The molecule has 0 heterocycles. The van der Waals surface area contributed by atoms with Gasteiger partial charge in [-0.2, -0.15) is 0 Å². The molecule has 2 N–H and O–H groups in total. The number of hydrogen-bond acceptors (Lipinski definition) is 2. The zero-order chi connectivity index (χ0) is 13.8. The molecule has 0 amide bonds. The van der Waals surface area contributed by atoms with Gasteiger partial charge in [-0.25, -0.2) is 4.39 Å². The lowest BCUT2D eigenvalue weighted by Gasteiger charge is -2.19. The van der Waals surface area contributed by atoms with Crippen molar-refractivity contribution in [1.82, 2.24) is 0 Å². The van der Waals surface area contributed by atoms with Crippen LogP contribution >= 0.6 is 15.9 Å². The van der Waals surface area contributed by atoms with E-state index in [1.165, 1.54) is 12.1 Å². The molecular formula is C15H15BrFNO. The van der Waals surface area contributed by atoms with Crippen molar-refractivity contribution in [1.29, 1.82) is 0 Å². The molecule has 0 radical (unpaired) electrons. The average Bonchev–Trinajstić information content (AvgIpc) is 2.39. The van der Waals surface area contributed by atoms with Crippen LogP contribution in [0.1, 0.15) is 17.2 Å². The summed E-state index contributed by atoms with van der Waals surface area (Å²) < 4.78 is 19.8. The van der Waals surface area contributed by atoms with Gasteiger partial charge in [0.2, 0.25) is 0 Å². The van der Waals surface area contributed by atoms with Gasteiger partial charge in [0.05, 0.1) is 0 Å². The molecule has 4 heteroatoms. The van der Waals surface area contributed by atoms with E-state index in [-0.39, 0.29) is 11.9 Å². The van der Waals surface area contributed by atoms with Crippen LogP contribution in [0.4, 0.5) is 4.39 Å². The summed E-state index contributed by atoms with van der Waals surface area (Å²) in [5, 5.41) is 0. The van der Waals surface area contributed by atoms with Crippen LogP contribution < -0.4 is 10.5 Å². The fourth-order valence-electron chi connectivity index (χ4n) is 1.83. The summed E-state index contributed by atoms with van der Waals surface area (Å²) in [6.45, 7) is 2.31. The van der Waals surface area contributed by atoms with Gasteiger partial charge in [-0.05, 0) is 48.4 Å². The second-order valence-corrected chi connectivity index (χ2v) is 5.22. The maximum atomic E-state index is 12.9. The van der Waals surface area contributed by atoms with Crippen LogP contribution in [0.25, 0.3) is 0 Å². The summed E-state index contributed by atoms with van der Waals surface area (Å²) in [7, 11) is 0. The number of nitrogens with two attached hydrogens (primary N) is 1. The average molecular weight is 324 g/mol. The van der Waals surface area contributed by atoms with Crippen molar-refractivity contribution in [2.75, 3.05) is 6.54 Å². The van der Waals surface area contributed by atoms with Crippen molar-refractivity contribution < 1.29 is 9.13 Å². The Kier molecular flexibility index (Phi) is 4.56. The van der Waals surface area contributed by atoms with Gasteiger partial charge in [0.15, 0.2) is 0 Å². The molecular weight excluding hydrogens is 309 g/mol. The Morgan fingerprint density at radius 1 is 1.21 bits per heavy atom. The van der Waals surface area contributed by atoms with Gasteiger partial charge in [0.25, 0.3) is 0 Å². The predicted octanol–water partition coefficient (Wildman–Crippen LogP) is 3.98. The molecule has 2 aromatic carbocycles. The van der Waals surface area contributed by atoms with Crippen LogP contribution in [0.3, 0.4) is 0 Å². The molecule has 2 aromatic rings. The lowest BCUT2D eigenvalue weighted by molar-refractivity contribution is 0.212. The fourth-order valence-corrected chi connectivity index (χ4v) is 2.30. The minimum Gasteiger partial charge on any atom is -0.484 e. The fraction of sp³-hybridized carbons (Fsp3) is 0.200. The zero-order valence-corrected chi connectivity index (χ0v) is 12.2. The number of ether oxygens (including phenoxy) is 1. The third-order valence-corrected chi connectivity index (χ3v) is 3.36. The number of aryl methyl sites for hydroxylation is 1. The lowest BCUT2D eigenvalue weighted by Crippen LogP contribution is -2.18. The Hall–Kier alpha value is -1.39. The van der Waals surface area contributed by atoms with E-state index in [1.54, 1.807) is 12.1 Å². The van der Waals surface area contributed by atoms with E-state index < -0.39 is 0 Å². The van der Waals surface area contributed by atoms with Gasteiger partial charge in [-0.3, -0.25) is 0 Å². The quantitative estimate of drug-likeness (QED) is 0.923. The first kappa shape index (κ1) is 14.0. The lowest BCUT2D eigenvalue weighted by atomic mass is 10.1. The SMILES string of the molecule is Cc1cc(Br)ccc1OC(CN)c1ccc(F)cc1. The van der Waals surface area contributed by atoms with E-state index in [0.29, 0.717) is 6.54 Å². The van der Waals surface area contributed by atoms with Crippen LogP contribution in [-0.2, 0) is 0 Å². The van der Waals surface area contributed by atoms with Gasteiger partial charge >= 0.3 is 0 Å². The number of benzene rings is 2. The zero-order valence-electron chi connectivity index (χ0n) is 10.6. The van der Waals surface area contributed by atoms with E-state index in [1.807, 2.05) is 25.1 Å².